The summed E-state index contributed by atoms with van der Waals surface area (Å²) in [6, 6.07) is 0. The normalized spacial score (nSPS) is 50.7. The lowest BCUT2D eigenvalue weighted by atomic mass is 9.46. The molecule has 4 fully saturated rings. The lowest BCUT2D eigenvalue weighted by Gasteiger charge is -2.59. The van der Waals surface area contributed by atoms with Crippen molar-refractivity contribution >= 4 is 5.78 Å². The quantitative estimate of drug-likeness (QED) is 0.705. The van der Waals surface area contributed by atoms with Gasteiger partial charge >= 0.3 is 0 Å². The van der Waals surface area contributed by atoms with Crippen LogP contribution in [0.3, 0.4) is 0 Å². The zero-order valence-corrected chi connectivity index (χ0v) is 17.1. The number of hydrogen-bond donors (Lipinski definition) is 1. The monoisotopic (exact) mass is 374 g/mol. The molecule has 0 bridgehead atoms. The van der Waals surface area contributed by atoms with Crippen molar-refractivity contribution in [3.05, 3.63) is 11.6 Å². The van der Waals surface area contributed by atoms with Crippen molar-refractivity contribution in [3.8, 4) is 0 Å². The summed E-state index contributed by atoms with van der Waals surface area (Å²) in [4.78, 5) is 12.3. The van der Waals surface area contributed by atoms with Crippen LogP contribution in [0.2, 0.25) is 0 Å². The first-order valence-corrected chi connectivity index (χ1v) is 11.0. The van der Waals surface area contributed by atoms with Gasteiger partial charge in [0.05, 0.1) is 13.2 Å². The third kappa shape index (κ3) is 2.24. The zero-order valence-electron chi connectivity index (χ0n) is 17.1. The molecule has 1 aliphatic heterocycles. The van der Waals surface area contributed by atoms with E-state index in [0.29, 0.717) is 24.2 Å². The predicted molar refractivity (Wildman–Crippen MR) is 102 cm³/mol. The van der Waals surface area contributed by atoms with Gasteiger partial charge in [-0.15, -0.1) is 0 Å². The van der Waals surface area contributed by atoms with Crippen LogP contribution in [-0.4, -0.2) is 35.5 Å². The number of carbonyl (C=O) groups is 1. The molecule has 0 amide bonds. The second-order valence-electron chi connectivity index (χ2n) is 10.5. The Bertz CT molecular complexity index is 692. The van der Waals surface area contributed by atoms with Crippen molar-refractivity contribution in [3.63, 3.8) is 0 Å². The average molecular weight is 375 g/mol. The SMILES string of the molecule is CC(=O)[C@]1(O)CC[C@H]2[C@@H]3CC=C4CC5(CC[C@]4(C)[C@H]3CC[C@@]21C)OCCO5. The van der Waals surface area contributed by atoms with E-state index in [1.54, 1.807) is 12.5 Å². The fraction of sp³-hybridized carbons (Fsp3) is 0.870. The summed E-state index contributed by atoms with van der Waals surface area (Å²) in [6.07, 6.45) is 10.3. The first kappa shape index (κ1) is 18.3. The average Bonchev–Trinajstić information content (AvgIpc) is 3.19. The van der Waals surface area contributed by atoms with E-state index < -0.39 is 5.60 Å². The Morgan fingerprint density at radius 1 is 1.07 bits per heavy atom. The van der Waals surface area contributed by atoms with E-state index in [9.17, 15) is 9.90 Å². The van der Waals surface area contributed by atoms with Crippen LogP contribution in [0.25, 0.3) is 0 Å². The van der Waals surface area contributed by atoms with E-state index in [2.05, 4.69) is 19.9 Å². The smallest absolute Gasteiger partial charge is 0.172 e. The summed E-state index contributed by atoms with van der Waals surface area (Å²) in [5.41, 5.74) is 0.396. The molecular weight excluding hydrogens is 340 g/mol. The van der Waals surface area contributed by atoms with Crippen molar-refractivity contribution in [2.75, 3.05) is 13.2 Å². The van der Waals surface area contributed by atoms with E-state index in [1.165, 1.54) is 0 Å². The summed E-state index contributed by atoms with van der Waals surface area (Å²) < 4.78 is 12.0. The summed E-state index contributed by atoms with van der Waals surface area (Å²) in [7, 11) is 0. The fourth-order valence-electron chi connectivity index (χ4n) is 7.94. The molecule has 5 rings (SSSR count). The van der Waals surface area contributed by atoms with E-state index in [1.807, 2.05) is 0 Å². The standard InChI is InChI=1S/C23H34O4/c1-15(24)23(25)9-7-19-17-5-4-16-14-22(26-12-13-27-22)11-10-20(16,2)18(17)6-8-21(19,23)3/h4,17-19,25H,5-14H2,1-3H3/t17-,18+,19+,20+,21+,23-/m1/s1. The maximum Gasteiger partial charge on any atom is 0.172 e. The summed E-state index contributed by atoms with van der Waals surface area (Å²) in [5.74, 6) is 1.31. The highest BCUT2D eigenvalue weighted by Gasteiger charge is 2.65. The number of fused-ring (bicyclic) bond motifs is 5. The van der Waals surface area contributed by atoms with Crippen molar-refractivity contribution in [1.29, 1.82) is 0 Å². The highest BCUT2D eigenvalue weighted by molar-refractivity contribution is 5.86. The highest BCUT2D eigenvalue weighted by atomic mass is 16.7. The number of Topliss-reactive ketones (excluding diaryl/α,β-unsaturated/α-hetero) is 1. The Balaban J connectivity index is 1.46. The molecule has 3 saturated carbocycles. The van der Waals surface area contributed by atoms with Crippen LogP contribution in [0.4, 0.5) is 0 Å². The Morgan fingerprint density at radius 3 is 2.48 bits per heavy atom. The maximum atomic E-state index is 12.3. The minimum Gasteiger partial charge on any atom is -0.382 e. The summed E-state index contributed by atoms with van der Waals surface area (Å²) in [5, 5.41) is 11.3. The molecule has 1 saturated heterocycles. The Hall–Kier alpha value is -0.710. The molecule has 0 unspecified atom stereocenters. The number of ketones is 1. The molecule has 0 aromatic carbocycles. The van der Waals surface area contributed by atoms with Crippen LogP contribution < -0.4 is 0 Å². The van der Waals surface area contributed by atoms with Gasteiger partial charge in [0.25, 0.3) is 0 Å². The highest BCUT2D eigenvalue weighted by Crippen LogP contribution is 2.68. The van der Waals surface area contributed by atoms with Crippen LogP contribution in [-0.2, 0) is 14.3 Å². The molecule has 27 heavy (non-hydrogen) atoms. The van der Waals surface area contributed by atoms with Crippen LogP contribution in [0.15, 0.2) is 11.6 Å². The van der Waals surface area contributed by atoms with Crippen LogP contribution in [0.1, 0.15) is 72.1 Å². The molecule has 4 heteroatoms. The zero-order chi connectivity index (χ0) is 19.1. The molecule has 0 aromatic heterocycles. The lowest BCUT2D eigenvalue weighted by Crippen LogP contribution is -2.57. The Kier molecular flexibility index (Phi) is 3.85. The molecule has 4 aliphatic carbocycles. The lowest BCUT2D eigenvalue weighted by molar-refractivity contribution is -0.188. The summed E-state index contributed by atoms with van der Waals surface area (Å²) in [6.45, 7) is 7.69. The van der Waals surface area contributed by atoms with Gasteiger partial charge in [0.2, 0.25) is 0 Å². The van der Waals surface area contributed by atoms with Crippen molar-refractivity contribution in [1.82, 2.24) is 0 Å². The van der Waals surface area contributed by atoms with E-state index in [0.717, 1.165) is 58.2 Å². The van der Waals surface area contributed by atoms with Crippen LogP contribution in [0, 0.1) is 28.6 Å². The minimum atomic E-state index is -1.12. The Morgan fingerprint density at radius 2 is 1.78 bits per heavy atom. The second kappa shape index (κ2) is 5.67. The molecular formula is C23H34O4. The third-order valence-corrected chi connectivity index (χ3v) is 9.66. The topological polar surface area (TPSA) is 55.8 Å². The number of rotatable bonds is 1. The molecule has 5 aliphatic rings. The summed E-state index contributed by atoms with van der Waals surface area (Å²) >= 11 is 0. The van der Waals surface area contributed by atoms with E-state index >= 15 is 0 Å². The predicted octanol–water partition coefficient (Wildman–Crippen LogP) is 4.01. The molecule has 150 valence electrons. The molecule has 1 spiro atoms. The van der Waals surface area contributed by atoms with Gasteiger partial charge in [-0.05, 0) is 68.6 Å². The molecule has 6 atom stereocenters. The fourth-order valence-corrected chi connectivity index (χ4v) is 7.94. The molecule has 1 N–H and O–H groups in total. The second-order valence-corrected chi connectivity index (χ2v) is 10.5. The van der Waals surface area contributed by atoms with Gasteiger partial charge in [0.15, 0.2) is 11.6 Å². The van der Waals surface area contributed by atoms with Gasteiger partial charge in [-0.25, -0.2) is 0 Å². The number of aliphatic hydroxyl groups is 1. The van der Waals surface area contributed by atoms with Crippen molar-refractivity contribution in [2.24, 2.45) is 28.6 Å². The molecule has 0 radical (unpaired) electrons. The van der Waals surface area contributed by atoms with Gasteiger partial charge in [-0.3, -0.25) is 4.79 Å². The largest absolute Gasteiger partial charge is 0.382 e. The molecule has 0 aromatic rings. The number of hydrogen-bond acceptors (Lipinski definition) is 4. The number of carbonyl (C=O) groups excluding carboxylic acids is 1. The van der Waals surface area contributed by atoms with E-state index in [4.69, 9.17) is 9.47 Å². The minimum absolute atomic E-state index is 0.0284. The third-order valence-electron chi connectivity index (χ3n) is 9.66. The van der Waals surface area contributed by atoms with Gasteiger partial charge in [-0.2, -0.15) is 0 Å². The van der Waals surface area contributed by atoms with Crippen LogP contribution in [0.5, 0.6) is 0 Å². The van der Waals surface area contributed by atoms with Crippen molar-refractivity contribution < 1.29 is 19.4 Å². The van der Waals surface area contributed by atoms with Gasteiger partial charge in [-0.1, -0.05) is 25.5 Å². The maximum absolute atomic E-state index is 12.3. The van der Waals surface area contributed by atoms with Gasteiger partial charge in [0, 0.05) is 18.3 Å². The van der Waals surface area contributed by atoms with Gasteiger partial charge < -0.3 is 14.6 Å². The number of ether oxygens (including phenoxy) is 2. The first-order valence-electron chi connectivity index (χ1n) is 11.0. The molecule has 1 heterocycles. The van der Waals surface area contributed by atoms with E-state index in [-0.39, 0.29) is 22.4 Å². The Labute approximate surface area is 162 Å². The van der Waals surface area contributed by atoms with Crippen molar-refractivity contribution in [2.45, 2.75) is 83.5 Å². The van der Waals surface area contributed by atoms with Crippen LogP contribution >= 0.6 is 0 Å². The van der Waals surface area contributed by atoms with Gasteiger partial charge in [0.1, 0.15) is 5.60 Å². The molecule has 4 nitrogen and oxygen atoms in total. The number of allylic oxidation sites excluding steroid dienone is 1. The first-order chi connectivity index (χ1) is 12.7.